The predicted octanol–water partition coefficient (Wildman–Crippen LogP) is 2.69. The summed E-state index contributed by atoms with van der Waals surface area (Å²) in [5, 5.41) is 0.746. The second-order valence-corrected chi connectivity index (χ2v) is 5.68. The Bertz CT molecular complexity index is 609. The molecule has 0 bridgehead atoms. The third-order valence-corrected chi connectivity index (χ3v) is 4.07. The first kappa shape index (κ1) is 14.0. The zero-order valence-corrected chi connectivity index (χ0v) is 12.3. The molecular formula is C16H16ClN3O. The lowest BCUT2D eigenvalue weighted by Crippen LogP contribution is -2.48. The molecule has 0 atom stereocenters. The number of aryl methyl sites for hydroxylation is 1. The lowest BCUT2D eigenvalue weighted by molar-refractivity contribution is -0.135. The fourth-order valence-corrected chi connectivity index (χ4v) is 2.61. The van der Waals surface area contributed by atoms with Gasteiger partial charge in [-0.1, -0.05) is 23.7 Å². The molecule has 2 heterocycles. The van der Waals surface area contributed by atoms with E-state index < -0.39 is 0 Å². The molecule has 1 aromatic carbocycles. The molecule has 0 unspecified atom stereocenters. The Labute approximate surface area is 128 Å². The van der Waals surface area contributed by atoms with E-state index in [2.05, 4.69) is 9.97 Å². The Morgan fingerprint density at radius 3 is 2.67 bits per heavy atom. The summed E-state index contributed by atoms with van der Waals surface area (Å²) in [5.41, 5.74) is 2.16. The minimum Gasteiger partial charge on any atom is -0.341 e. The Balaban J connectivity index is 1.47. The third kappa shape index (κ3) is 3.39. The van der Waals surface area contributed by atoms with E-state index in [0.29, 0.717) is 18.8 Å². The molecule has 1 saturated heterocycles. The minimum atomic E-state index is 0.193. The molecule has 0 N–H and O–H groups in total. The van der Waals surface area contributed by atoms with E-state index in [-0.39, 0.29) is 5.91 Å². The second kappa shape index (κ2) is 6.22. The van der Waals surface area contributed by atoms with Crippen molar-refractivity contribution in [3.63, 3.8) is 0 Å². The molecule has 0 saturated carbocycles. The molecule has 21 heavy (non-hydrogen) atoms. The number of rotatable bonds is 4. The van der Waals surface area contributed by atoms with Gasteiger partial charge in [0.1, 0.15) is 6.33 Å². The van der Waals surface area contributed by atoms with Crippen molar-refractivity contribution in [1.82, 2.24) is 14.9 Å². The van der Waals surface area contributed by atoms with Gasteiger partial charge in [-0.3, -0.25) is 4.79 Å². The SMILES string of the molecule is O=C(CCc1ccncn1)N1CC(c2ccc(Cl)cc2)C1. The van der Waals surface area contributed by atoms with Crippen molar-refractivity contribution >= 4 is 17.5 Å². The van der Waals surface area contributed by atoms with E-state index in [1.165, 1.54) is 11.9 Å². The number of halogens is 1. The number of aromatic nitrogens is 2. The van der Waals surface area contributed by atoms with Gasteiger partial charge in [0, 0.05) is 42.3 Å². The van der Waals surface area contributed by atoms with Crippen molar-refractivity contribution in [3.05, 3.63) is 59.1 Å². The van der Waals surface area contributed by atoms with E-state index in [4.69, 9.17) is 11.6 Å². The standard InChI is InChI=1S/C16H16ClN3O/c17-14-3-1-12(2-4-14)13-9-20(10-13)16(21)6-5-15-7-8-18-11-19-15/h1-4,7-8,11,13H,5-6,9-10H2. The van der Waals surface area contributed by atoms with Gasteiger partial charge in [-0.2, -0.15) is 0 Å². The topological polar surface area (TPSA) is 46.1 Å². The van der Waals surface area contributed by atoms with Crippen LogP contribution in [0, 0.1) is 0 Å². The van der Waals surface area contributed by atoms with Gasteiger partial charge in [-0.15, -0.1) is 0 Å². The zero-order chi connectivity index (χ0) is 14.7. The van der Waals surface area contributed by atoms with E-state index in [1.54, 1.807) is 6.20 Å². The summed E-state index contributed by atoms with van der Waals surface area (Å²) in [7, 11) is 0. The maximum Gasteiger partial charge on any atom is 0.223 e. The lowest BCUT2D eigenvalue weighted by Gasteiger charge is -2.39. The molecule has 1 amide bonds. The summed E-state index contributed by atoms with van der Waals surface area (Å²) in [6.07, 6.45) is 4.39. The number of nitrogens with zero attached hydrogens (tertiary/aromatic N) is 3. The van der Waals surface area contributed by atoms with Gasteiger partial charge in [0.2, 0.25) is 5.91 Å². The maximum absolute atomic E-state index is 12.1. The van der Waals surface area contributed by atoms with E-state index in [0.717, 1.165) is 23.8 Å². The highest BCUT2D eigenvalue weighted by atomic mass is 35.5. The maximum atomic E-state index is 12.1. The van der Waals surface area contributed by atoms with Crippen LogP contribution in [-0.4, -0.2) is 33.9 Å². The Morgan fingerprint density at radius 1 is 1.24 bits per heavy atom. The first-order valence-electron chi connectivity index (χ1n) is 7.00. The molecule has 2 aromatic rings. The van der Waals surface area contributed by atoms with E-state index in [9.17, 15) is 4.79 Å². The number of amides is 1. The summed E-state index contributed by atoms with van der Waals surface area (Å²) in [6.45, 7) is 1.59. The molecule has 0 aliphatic carbocycles. The van der Waals surface area contributed by atoms with Gasteiger partial charge in [0.05, 0.1) is 0 Å². The molecule has 0 spiro atoms. The highest BCUT2D eigenvalue weighted by Crippen LogP contribution is 2.28. The fourth-order valence-electron chi connectivity index (χ4n) is 2.49. The zero-order valence-electron chi connectivity index (χ0n) is 11.6. The van der Waals surface area contributed by atoms with Gasteiger partial charge in [-0.05, 0) is 30.2 Å². The summed E-state index contributed by atoms with van der Waals surface area (Å²) in [4.78, 5) is 22.0. The number of benzene rings is 1. The highest BCUT2D eigenvalue weighted by molar-refractivity contribution is 6.30. The van der Waals surface area contributed by atoms with Gasteiger partial charge in [-0.25, -0.2) is 9.97 Å². The molecule has 5 heteroatoms. The number of hydrogen-bond donors (Lipinski definition) is 0. The quantitative estimate of drug-likeness (QED) is 0.872. The van der Waals surface area contributed by atoms with Crippen molar-refractivity contribution < 1.29 is 4.79 Å². The molecule has 1 aliphatic heterocycles. The van der Waals surface area contributed by atoms with E-state index in [1.807, 2.05) is 35.2 Å². The number of carbonyl (C=O) groups excluding carboxylic acids is 1. The van der Waals surface area contributed by atoms with Crippen molar-refractivity contribution in [2.45, 2.75) is 18.8 Å². The van der Waals surface area contributed by atoms with Crippen LogP contribution in [0.15, 0.2) is 42.9 Å². The molecule has 1 aliphatic rings. The molecule has 108 valence electrons. The largest absolute Gasteiger partial charge is 0.341 e. The normalized spacial score (nSPS) is 14.8. The van der Waals surface area contributed by atoms with Gasteiger partial charge in [0.25, 0.3) is 0 Å². The second-order valence-electron chi connectivity index (χ2n) is 5.25. The van der Waals surface area contributed by atoms with Crippen LogP contribution in [0.5, 0.6) is 0 Å². The van der Waals surface area contributed by atoms with Gasteiger partial charge >= 0.3 is 0 Å². The van der Waals surface area contributed by atoms with Crippen LogP contribution in [0.3, 0.4) is 0 Å². The average molecular weight is 302 g/mol. The number of hydrogen-bond acceptors (Lipinski definition) is 3. The Hall–Kier alpha value is -1.94. The molecular weight excluding hydrogens is 286 g/mol. The van der Waals surface area contributed by atoms with Crippen LogP contribution in [-0.2, 0) is 11.2 Å². The summed E-state index contributed by atoms with van der Waals surface area (Å²) >= 11 is 5.88. The first-order chi connectivity index (χ1) is 10.2. The van der Waals surface area contributed by atoms with Crippen molar-refractivity contribution in [3.8, 4) is 0 Å². The van der Waals surface area contributed by atoms with Crippen molar-refractivity contribution in [1.29, 1.82) is 0 Å². The van der Waals surface area contributed by atoms with Crippen LogP contribution in [0.1, 0.15) is 23.6 Å². The van der Waals surface area contributed by atoms with Crippen LogP contribution in [0.4, 0.5) is 0 Å². The molecule has 0 radical (unpaired) electrons. The van der Waals surface area contributed by atoms with Crippen LogP contribution in [0.25, 0.3) is 0 Å². The van der Waals surface area contributed by atoms with Crippen molar-refractivity contribution in [2.24, 2.45) is 0 Å². The third-order valence-electron chi connectivity index (χ3n) is 3.81. The van der Waals surface area contributed by atoms with Gasteiger partial charge < -0.3 is 4.90 Å². The molecule has 3 rings (SSSR count). The molecule has 1 aromatic heterocycles. The Morgan fingerprint density at radius 2 is 2.00 bits per heavy atom. The van der Waals surface area contributed by atoms with Crippen LogP contribution in [0.2, 0.25) is 5.02 Å². The highest BCUT2D eigenvalue weighted by Gasteiger charge is 2.31. The monoisotopic (exact) mass is 301 g/mol. The molecule has 1 fully saturated rings. The van der Waals surface area contributed by atoms with E-state index >= 15 is 0 Å². The molecule has 4 nitrogen and oxygen atoms in total. The Kier molecular flexibility index (Phi) is 4.15. The first-order valence-corrected chi connectivity index (χ1v) is 7.38. The van der Waals surface area contributed by atoms with Gasteiger partial charge in [0.15, 0.2) is 0 Å². The predicted molar refractivity (Wildman–Crippen MR) is 81.1 cm³/mol. The summed E-state index contributed by atoms with van der Waals surface area (Å²) < 4.78 is 0. The number of carbonyl (C=O) groups is 1. The van der Waals surface area contributed by atoms with Crippen LogP contribution < -0.4 is 0 Å². The smallest absolute Gasteiger partial charge is 0.223 e. The fraction of sp³-hybridized carbons (Fsp3) is 0.312. The summed E-state index contributed by atoms with van der Waals surface area (Å²) in [5.74, 6) is 0.629. The minimum absolute atomic E-state index is 0.193. The van der Waals surface area contributed by atoms with Crippen LogP contribution >= 0.6 is 11.6 Å². The summed E-state index contributed by atoms with van der Waals surface area (Å²) in [6, 6.07) is 9.72. The number of likely N-dealkylation sites (tertiary alicyclic amines) is 1. The average Bonchev–Trinajstić information content (AvgIpc) is 2.47. The van der Waals surface area contributed by atoms with Crippen molar-refractivity contribution in [2.75, 3.05) is 13.1 Å². The lowest BCUT2D eigenvalue weighted by atomic mass is 9.91.